The van der Waals surface area contributed by atoms with Crippen molar-refractivity contribution in [3.05, 3.63) is 29.6 Å². The van der Waals surface area contributed by atoms with E-state index in [2.05, 4.69) is 0 Å². The summed E-state index contributed by atoms with van der Waals surface area (Å²) in [5, 5.41) is 0. The highest BCUT2D eigenvalue weighted by Crippen LogP contribution is 2.28. The zero-order valence-corrected chi connectivity index (χ0v) is 9.58. The highest BCUT2D eigenvalue weighted by molar-refractivity contribution is 5.30. The molecule has 2 nitrogen and oxygen atoms in total. The topological polar surface area (TPSA) is 35.2 Å². The minimum atomic E-state index is -0.304. The third-order valence-corrected chi connectivity index (χ3v) is 3.43. The van der Waals surface area contributed by atoms with E-state index in [0.29, 0.717) is 17.7 Å². The normalized spacial score (nSPS) is 24.7. The number of hydrogen-bond donors (Lipinski definition) is 1. The highest BCUT2D eigenvalue weighted by atomic mass is 19.1. The average Bonchev–Trinajstić information content (AvgIpc) is 2.67. The average molecular weight is 223 g/mol. The van der Waals surface area contributed by atoms with Gasteiger partial charge in [-0.15, -0.1) is 0 Å². The zero-order valence-electron chi connectivity index (χ0n) is 9.58. The van der Waals surface area contributed by atoms with E-state index in [9.17, 15) is 4.39 Å². The molecule has 2 atom stereocenters. The summed E-state index contributed by atoms with van der Waals surface area (Å²) in [6.45, 7) is 0. The van der Waals surface area contributed by atoms with Crippen molar-refractivity contribution < 1.29 is 9.13 Å². The molecule has 0 spiro atoms. The van der Waals surface area contributed by atoms with Gasteiger partial charge in [-0.1, -0.05) is 12.5 Å². The molecule has 1 aromatic carbocycles. The Morgan fingerprint density at radius 3 is 2.88 bits per heavy atom. The summed E-state index contributed by atoms with van der Waals surface area (Å²) in [7, 11) is 1.49. The van der Waals surface area contributed by atoms with Crippen molar-refractivity contribution in [1.82, 2.24) is 0 Å². The molecule has 3 heteroatoms. The van der Waals surface area contributed by atoms with Crippen LogP contribution < -0.4 is 10.5 Å². The summed E-state index contributed by atoms with van der Waals surface area (Å²) < 4.78 is 18.2. The molecule has 0 radical (unpaired) electrons. The standard InChI is InChI=1S/C13H18FNO/c1-16-13-8-9(5-6-11(13)14)7-10-3-2-4-12(10)15/h5-6,8,10,12H,2-4,7,15H2,1H3. The Labute approximate surface area is 95.6 Å². The van der Waals surface area contributed by atoms with Gasteiger partial charge >= 0.3 is 0 Å². The number of methoxy groups -OCH3 is 1. The van der Waals surface area contributed by atoms with Crippen LogP contribution in [-0.2, 0) is 6.42 Å². The largest absolute Gasteiger partial charge is 0.494 e. The Balaban J connectivity index is 2.09. The van der Waals surface area contributed by atoms with Crippen LogP contribution >= 0.6 is 0 Å². The van der Waals surface area contributed by atoms with Crippen LogP contribution in [0, 0.1) is 11.7 Å². The fourth-order valence-corrected chi connectivity index (χ4v) is 2.45. The predicted octanol–water partition coefficient (Wildman–Crippen LogP) is 2.50. The summed E-state index contributed by atoms with van der Waals surface area (Å²) >= 11 is 0. The maximum atomic E-state index is 13.2. The number of halogens is 1. The Hall–Kier alpha value is -1.09. The van der Waals surface area contributed by atoms with Crippen molar-refractivity contribution in [2.75, 3.05) is 7.11 Å². The molecule has 2 rings (SSSR count). The van der Waals surface area contributed by atoms with Gasteiger partial charge in [0, 0.05) is 6.04 Å². The summed E-state index contributed by atoms with van der Waals surface area (Å²) in [5.41, 5.74) is 7.13. The van der Waals surface area contributed by atoms with E-state index in [0.717, 1.165) is 18.4 Å². The zero-order chi connectivity index (χ0) is 11.5. The van der Waals surface area contributed by atoms with Crippen molar-refractivity contribution in [2.24, 2.45) is 11.7 Å². The summed E-state index contributed by atoms with van der Waals surface area (Å²) in [6, 6.07) is 5.37. The van der Waals surface area contributed by atoms with Gasteiger partial charge in [-0.25, -0.2) is 4.39 Å². The highest BCUT2D eigenvalue weighted by Gasteiger charge is 2.24. The van der Waals surface area contributed by atoms with Crippen LogP contribution in [0.5, 0.6) is 5.75 Å². The van der Waals surface area contributed by atoms with Gasteiger partial charge in [-0.3, -0.25) is 0 Å². The first-order valence-electron chi connectivity index (χ1n) is 5.78. The number of hydrogen-bond acceptors (Lipinski definition) is 2. The second kappa shape index (κ2) is 4.83. The van der Waals surface area contributed by atoms with Crippen molar-refractivity contribution >= 4 is 0 Å². The molecule has 88 valence electrons. The summed E-state index contributed by atoms with van der Waals surface area (Å²) in [6.07, 6.45) is 4.44. The number of benzene rings is 1. The summed E-state index contributed by atoms with van der Waals surface area (Å²) in [4.78, 5) is 0. The van der Waals surface area contributed by atoms with E-state index in [1.807, 2.05) is 6.07 Å². The molecular weight excluding hydrogens is 205 g/mol. The Morgan fingerprint density at radius 1 is 1.44 bits per heavy atom. The fraction of sp³-hybridized carbons (Fsp3) is 0.538. The fourth-order valence-electron chi connectivity index (χ4n) is 2.45. The molecule has 1 aliphatic rings. The maximum Gasteiger partial charge on any atom is 0.165 e. The van der Waals surface area contributed by atoms with E-state index in [-0.39, 0.29) is 5.82 Å². The van der Waals surface area contributed by atoms with Crippen LogP contribution in [0.2, 0.25) is 0 Å². The first kappa shape index (κ1) is 11.4. The van der Waals surface area contributed by atoms with Gasteiger partial charge in [0.1, 0.15) is 0 Å². The van der Waals surface area contributed by atoms with Crippen molar-refractivity contribution in [2.45, 2.75) is 31.7 Å². The molecule has 2 unspecified atom stereocenters. The lowest BCUT2D eigenvalue weighted by molar-refractivity contribution is 0.385. The first-order chi connectivity index (χ1) is 7.70. The van der Waals surface area contributed by atoms with Crippen molar-refractivity contribution in [3.63, 3.8) is 0 Å². The molecule has 2 N–H and O–H groups in total. The number of ether oxygens (including phenoxy) is 1. The molecule has 1 fully saturated rings. The van der Waals surface area contributed by atoms with Gasteiger partial charge < -0.3 is 10.5 Å². The number of rotatable bonds is 3. The number of nitrogens with two attached hydrogens (primary N) is 1. The molecule has 1 aliphatic carbocycles. The second-order valence-electron chi connectivity index (χ2n) is 4.53. The Morgan fingerprint density at radius 2 is 2.25 bits per heavy atom. The molecular formula is C13H18FNO. The molecule has 1 saturated carbocycles. The molecule has 0 heterocycles. The van der Waals surface area contributed by atoms with Crippen molar-refractivity contribution in [1.29, 1.82) is 0 Å². The molecule has 1 aromatic rings. The molecule has 16 heavy (non-hydrogen) atoms. The van der Waals surface area contributed by atoms with E-state index < -0.39 is 0 Å². The van der Waals surface area contributed by atoms with Gasteiger partial charge in [0.2, 0.25) is 0 Å². The van der Waals surface area contributed by atoms with E-state index in [4.69, 9.17) is 10.5 Å². The molecule has 0 bridgehead atoms. The molecule has 0 saturated heterocycles. The molecule has 0 aromatic heterocycles. The smallest absolute Gasteiger partial charge is 0.165 e. The Bertz CT molecular complexity index is 367. The SMILES string of the molecule is COc1cc(CC2CCCC2N)ccc1F. The van der Waals surface area contributed by atoms with Crippen molar-refractivity contribution in [3.8, 4) is 5.75 Å². The third kappa shape index (κ3) is 2.35. The predicted molar refractivity (Wildman–Crippen MR) is 62.0 cm³/mol. The Kier molecular flexibility index (Phi) is 3.44. The van der Waals surface area contributed by atoms with Crippen LogP contribution in [-0.4, -0.2) is 13.2 Å². The maximum absolute atomic E-state index is 13.2. The van der Waals surface area contributed by atoms with E-state index >= 15 is 0 Å². The lowest BCUT2D eigenvalue weighted by Gasteiger charge is -2.15. The van der Waals surface area contributed by atoms with Gasteiger partial charge in [-0.2, -0.15) is 0 Å². The first-order valence-corrected chi connectivity index (χ1v) is 5.78. The van der Waals surface area contributed by atoms with Crippen LogP contribution in [0.3, 0.4) is 0 Å². The molecule has 0 amide bonds. The monoisotopic (exact) mass is 223 g/mol. The van der Waals surface area contributed by atoms with E-state index in [1.54, 1.807) is 6.07 Å². The lowest BCUT2D eigenvalue weighted by atomic mass is 9.95. The lowest BCUT2D eigenvalue weighted by Crippen LogP contribution is -2.25. The quantitative estimate of drug-likeness (QED) is 0.854. The molecule has 0 aliphatic heterocycles. The minimum Gasteiger partial charge on any atom is -0.494 e. The van der Waals surface area contributed by atoms with Gasteiger partial charge in [0.15, 0.2) is 11.6 Å². The van der Waals surface area contributed by atoms with Crippen LogP contribution in [0.25, 0.3) is 0 Å². The van der Waals surface area contributed by atoms with Gasteiger partial charge in [0.25, 0.3) is 0 Å². The summed E-state index contributed by atoms with van der Waals surface area (Å²) in [5.74, 6) is 0.557. The van der Waals surface area contributed by atoms with Crippen LogP contribution in [0.1, 0.15) is 24.8 Å². The second-order valence-corrected chi connectivity index (χ2v) is 4.53. The minimum absolute atomic E-state index is 0.302. The van der Waals surface area contributed by atoms with Crippen LogP contribution in [0.15, 0.2) is 18.2 Å². The van der Waals surface area contributed by atoms with Gasteiger partial charge in [0.05, 0.1) is 7.11 Å². The van der Waals surface area contributed by atoms with E-state index in [1.165, 1.54) is 26.0 Å². The van der Waals surface area contributed by atoms with Crippen LogP contribution in [0.4, 0.5) is 4.39 Å². The van der Waals surface area contributed by atoms with Gasteiger partial charge in [-0.05, 0) is 42.9 Å². The third-order valence-electron chi connectivity index (χ3n) is 3.43.